The normalized spacial score (nSPS) is 28.2. The highest BCUT2D eigenvalue weighted by atomic mass is 35.5. The van der Waals surface area contributed by atoms with Crippen LogP contribution >= 0.6 is 11.6 Å². The molecule has 3 nitrogen and oxygen atoms in total. The summed E-state index contributed by atoms with van der Waals surface area (Å²) in [7, 11) is 0. The highest BCUT2D eigenvalue weighted by Crippen LogP contribution is 2.60. The fourth-order valence-electron chi connectivity index (χ4n) is 5.40. The lowest BCUT2D eigenvalue weighted by atomic mass is 9.80. The molecule has 0 spiro atoms. The Hall–Kier alpha value is -2.33. The largest absolute Gasteiger partial charge is 0.511 e. The van der Waals surface area contributed by atoms with E-state index in [2.05, 4.69) is 0 Å². The van der Waals surface area contributed by atoms with Gasteiger partial charge in [0.25, 0.3) is 0 Å². The van der Waals surface area contributed by atoms with E-state index in [1.165, 1.54) is 12.1 Å². The average molecular weight is 399 g/mol. The van der Waals surface area contributed by atoms with Crippen molar-refractivity contribution >= 4 is 23.0 Å². The topological polar surface area (TPSA) is 46.5 Å². The summed E-state index contributed by atoms with van der Waals surface area (Å²) in [6.07, 6.45) is 3.24. The molecule has 0 unspecified atom stereocenters. The maximum absolute atomic E-state index is 13.7. The number of hydrogen-bond donors (Lipinski definition) is 1. The van der Waals surface area contributed by atoms with E-state index in [4.69, 9.17) is 16.3 Å². The zero-order valence-corrected chi connectivity index (χ0v) is 16.2. The lowest BCUT2D eigenvalue weighted by Crippen LogP contribution is -2.24. The zero-order valence-electron chi connectivity index (χ0n) is 15.4. The number of carbonyl (C=O) groups is 1. The van der Waals surface area contributed by atoms with Crippen LogP contribution in [0.25, 0.3) is 5.57 Å². The molecule has 144 valence electrons. The summed E-state index contributed by atoms with van der Waals surface area (Å²) in [5.74, 6) is 1.30. The Morgan fingerprint density at radius 3 is 2.46 bits per heavy atom. The van der Waals surface area contributed by atoms with Crippen LogP contribution in [0.1, 0.15) is 30.4 Å². The van der Waals surface area contributed by atoms with E-state index >= 15 is 0 Å². The van der Waals surface area contributed by atoms with Crippen LogP contribution < -0.4 is 4.74 Å². The minimum Gasteiger partial charge on any atom is -0.511 e. The number of allylic oxidation sites excluding steroid dienone is 2. The third kappa shape index (κ3) is 2.58. The Morgan fingerprint density at radius 1 is 1.07 bits per heavy atom. The Labute approximate surface area is 167 Å². The molecular weight excluding hydrogens is 379 g/mol. The monoisotopic (exact) mass is 398 g/mol. The van der Waals surface area contributed by atoms with Crippen LogP contribution in [0.15, 0.2) is 42.2 Å². The third-order valence-electron chi connectivity index (χ3n) is 6.64. The van der Waals surface area contributed by atoms with E-state index in [1.54, 1.807) is 18.2 Å². The molecule has 0 aromatic heterocycles. The van der Waals surface area contributed by atoms with Crippen LogP contribution in [0.3, 0.4) is 0 Å². The first-order chi connectivity index (χ1) is 13.4. The first-order valence-corrected chi connectivity index (χ1v) is 10.0. The maximum atomic E-state index is 13.7. The number of fused-ring (bicyclic) bond motifs is 5. The molecule has 0 heterocycles. The minimum atomic E-state index is -0.555. The van der Waals surface area contributed by atoms with Crippen molar-refractivity contribution in [2.24, 2.45) is 23.7 Å². The van der Waals surface area contributed by atoms with E-state index in [0.29, 0.717) is 34.5 Å². The predicted molar refractivity (Wildman–Crippen MR) is 105 cm³/mol. The Kier molecular flexibility index (Phi) is 4.02. The van der Waals surface area contributed by atoms with Gasteiger partial charge in [-0.15, -0.1) is 0 Å². The molecule has 0 saturated heterocycles. The lowest BCUT2D eigenvalue weighted by Gasteiger charge is -2.23. The van der Waals surface area contributed by atoms with Gasteiger partial charge in [0.1, 0.15) is 23.1 Å². The van der Waals surface area contributed by atoms with Gasteiger partial charge >= 0.3 is 0 Å². The van der Waals surface area contributed by atoms with E-state index in [9.17, 15) is 14.3 Å². The van der Waals surface area contributed by atoms with Crippen LogP contribution in [0.4, 0.5) is 4.39 Å². The highest BCUT2D eigenvalue weighted by molar-refractivity contribution is 6.30. The molecule has 2 saturated carbocycles. The number of aliphatic hydroxyl groups excluding tert-OH is 1. The number of hydrogen-bond acceptors (Lipinski definition) is 3. The first kappa shape index (κ1) is 17.7. The Bertz CT molecular complexity index is 1030. The average Bonchev–Trinajstić information content (AvgIpc) is 3.34. The van der Waals surface area contributed by atoms with Gasteiger partial charge in [0.2, 0.25) is 0 Å². The SMILES string of the molecule is Cc1ccc(Oc2ccc(Cl)c(F)c2)cc1C1=C(O)[C@@H]2[C@@H]3CC[C@@H](C3)[C@@H]2C1=O. The van der Waals surface area contributed by atoms with Gasteiger partial charge in [0, 0.05) is 17.9 Å². The summed E-state index contributed by atoms with van der Waals surface area (Å²) in [4.78, 5) is 13.2. The molecule has 2 aromatic rings. The standard InChI is InChI=1S/C23H20ClFO3/c1-11-2-5-14(28-15-6-7-17(24)18(25)10-15)9-16(11)21-22(26)19-12-3-4-13(8-12)20(19)23(21)27/h2,5-7,9-10,12-13,19-20,26H,3-4,8H2,1H3/t12-,13+,19-,20+/m1/s1. The summed E-state index contributed by atoms with van der Waals surface area (Å²) in [5, 5.41) is 11.0. The summed E-state index contributed by atoms with van der Waals surface area (Å²) in [6, 6.07) is 9.63. The van der Waals surface area contributed by atoms with Crippen LogP contribution in [-0.4, -0.2) is 10.9 Å². The molecular formula is C23H20ClFO3. The summed E-state index contributed by atoms with van der Waals surface area (Å²) in [6.45, 7) is 1.91. The second-order valence-electron chi connectivity index (χ2n) is 8.16. The Balaban J connectivity index is 1.51. The maximum Gasteiger partial charge on any atom is 0.170 e. The molecule has 3 aliphatic rings. The number of benzene rings is 2. The number of aryl methyl sites for hydroxylation is 1. The van der Waals surface area contributed by atoms with Gasteiger partial charge < -0.3 is 9.84 Å². The highest BCUT2D eigenvalue weighted by Gasteiger charge is 2.57. The van der Waals surface area contributed by atoms with E-state index in [-0.39, 0.29) is 28.4 Å². The summed E-state index contributed by atoms with van der Waals surface area (Å²) >= 11 is 5.72. The summed E-state index contributed by atoms with van der Waals surface area (Å²) in [5.41, 5.74) is 2.04. The molecule has 28 heavy (non-hydrogen) atoms. The predicted octanol–water partition coefficient (Wildman–Crippen LogP) is 6.09. The molecule has 5 rings (SSSR count). The van der Waals surface area contributed by atoms with Crippen LogP contribution in [-0.2, 0) is 4.79 Å². The fraction of sp³-hybridized carbons (Fsp3) is 0.348. The third-order valence-corrected chi connectivity index (χ3v) is 6.95. The van der Waals surface area contributed by atoms with Crippen molar-refractivity contribution in [2.45, 2.75) is 26.2 Å². The smallest absolute Gasteiger partial charge is 0.170 e. The van der Waals surface area contributed by atoms with Crippen LogP contribution in [0.5, 0.6) is 11.5 Å². The van der Waals surface area contributed by atoms with Crippen molar-refractivity contribution in [2.75, 3.05) is 0 Å². The van der Waals surface area contributed by atoms with Gasteiger partial charge in [-0.05, 0) is 73.4 Å². The van der Waals surface area contributed by atoms with Crippen molar-refractivity contribution in [1.82, 2.24) is 0 Å². The number of halogens is 2. The van der Waals surface area contributed by atoms with E-state index < -0.39 is 5.82 Å². The van der Waals surface area contributed by atoms with Gasteiger partial charge in [-0.3, -0.25) is 4.79 Å². The van der Waals surface area contributed by atoms with Crippen molar-refractivity contribution in [3.8, 4) is 11.5 Å². The molecule has 4 atom stereocenters. The van der Waals surface area contributed by atoms with Gasteiger partial charge in [-0.1, -0.05) is 17.7 Å². The number of ketones is 1. The van der Waals surface area contributed by atoms with Gasteiger partial charge in [-0.2, -0.15) is 0 Å². The van der Waals surface area contributed by atoms with E-state index in [0.717, 1.165) is 24.8 Å². The molecule has 0 aliphatic heterocycles. The van der Waals surface area contributed by atoms with Gasteiger partial charge in [0.05, 0.1) is 10.6 Å². The van der Waals surface area contributed by atoms with Crippen molar-refractivity contribution in [1.29, 1.82) is 0 Å². The first-order valence-electron chi connectivity index (χ1n) is 9.65. The summed E-state index contributed by atoms with van der Waals surface area (Å²) < 4.78 is 19.5. The Morgan fingerprint density at radius 2 is 1.75 bits per heavy atom. The molecule has 2 fully saturated rings. The number of carbonyl (C=O) groups excluding carboxylic acids is 1. The van der Waals surface area contributed by atoms with Crippen molar-refractivity contribution in [3.63, 3.8) is 0 Å². The molecule has 5 heteroatoms. The van der Waals surface area contributed by atoms with Crippen molar-refractivity contribution < 1.29 is 19.0 Å². The van der Waals surface area contributed by atoms with Crippen LogP contribution in [0.2, 0.25) is 5.02 Å². The quantitative estimate of drug-likeness (QED) is 0.680. The zero-order chi connectivity index (χ0) is 19.6. The van der Waals surface area contributed by atoms with Gasteiger partial charge in [0.15, 0.2) is 5.78 Å². The number of aliphatic hydroxyl groups is 1. The lowest BCUT2D eigenvalue weighted by molar-refractivity contribution is -0.118. The molecule has 2 aromatic carbocycles. The van der Waals surface area contributed by atoms with E-state index in [1.807, 2.05) is 13.0 Å². The number of rotatable bonds is 3. The number of ether oxygens (including phenoxy) is 1. The molecule has 0 amide bonds. The van der Waals surface area contributed by atoms with Crippen LogP contribution in [0, 0.1) is 36.4 Å². The fourth-order valence-corrected chi connectivity index (χ4v) is 5.52. The second-order valence-corrected chi connectivity index (χ2v) is 8.57. The minimum absolute atomic E-state index is 0.0180. The molecule has 2 bridgehead atoms. The second kappa shape index (κ2) is 6.35. The van der Waals surface area contributed by atoms with Gasteiger partial charge in [-0.25, -0.2) is 4.39 Å². The molecule has 0 radical (unpaired) electrons. The number of Topliss-reactive ketones (excluding diaryl/α,β-unsaturated/α-hetero) is 1. The molecule has 1 N–H and O–H groups in total. The molecule has 3 aliphatic carbocycles. The van der Waals surface area contributed by atoms with Crippen molar-refractivity contribution in [3.05, 3.63) is 64.1 Å².